The number of nitro benzene ring substituents is 1. The first-order valence-electron chi connectivity index (χ1n) is 8.82. The van der Waals surface area contributed by atoms with Crippen LogP contribution in [-0.2, 0) is 10.0 Å². The molecule has 8 heteroatoms. The van der Waals surface area contributed by atoms with E-state index >= 15 is 0 Å². The fourth-order valence-corrected chi connectivity index (χ4v) is 5.76. The molecule has 138 valence electrons. The summed E-state index contributed by atoms with van der Waals surface area (Å²) in [5, 5.41) is 11.2. The Bertz CT molecular complexity index is 749. The standard InChI is InChI=1S/C17H25N3O4S/c1-13-9-14(2)12-18(11-13)16-6-5-15(20(21)22)10-17(16)25(23,24)19-7-3-4-8-19/h5-6,10,13-14H,3-4,7-9,11-12H2,1-2H3. The topological polar surface area (TPSA) is 83.8 Å². The SMILES string of the molecule is CC1CC(C)CN(c2ccc([N+](=O)[O-])cc2S(=O)(=O)N2CCCC2)C1. The fraction of sp³-hybridized carbons (Fsp3) is 0.647. The van der Waals surface area contributed by atoms with Gasteiger partial charge >= 0.3 is 0 Å². The second-order valence-corrected chi connectivity index (χ2v) is 9.28. The lowest BCUT2D eigenvalue weighted by molar-refractivity contribution is -0.385. The molecule has 0 N–H and O–H groups in total. The molecule has 0 bridgehead atoms. The van der Waals surface area contributed by atoms with Crippen molar-refractivity contribution in [3.05, 3.63) is 28.3 Å². The van der Waals surface area contributed by atoms with Crippen LogP contribution in [0.2, 0.25) is 0 Å². The van der Waals surface area contributed by atoms with Crippen LogP contribution in [0.1, 0.15) is 33.1 Å². The molecule has 25 heavy (non-hydrogen) atoms. The summed E-state index contributed by atoms with van der Waals surface area (Å²) in [6, 6.07) is 4.24. The van der Waals surface area contributed by atoms with Crippen LogP contribution in [0.4, 0.5) is 11.4 Å². The van der Waals surface area contributed by atoms with E-state index in [0.29, 0.717) is 30.6 Å². The highest BCUT2D eigenvalue weighted by molar-refractivity contribution is 7.89. The molecule has 0 amide bonds. The lowest BCUT2D eigenvalue weighted by Gasteiger charge is -2.37. The van der Waals surface area contributed by atoms with Gasteiger partial charge in [-0.2, -0.15) is 4.31 Å². The van der Waals surface area contributed by atoms with Gasteiger partial charge in [0.2, 0.25) is 10.0 Å². The number of rotatable bonds is 4. The quantitative estimate of drug-likeness (QED) is 0.603. The van der Waals surface area contributed by atoms with Crippen molar-refractivity contribution in [2.45, 2.75) is 38.0 Å². The summed E-state index contributed by atoms with van der Waals surface area (Å²) in [6.07, 6.45) is 2.78. The van der Waals surface area contributed by atoms with E-state index in [0.717, 1.165) is 32.4 Å². The average Bonchev–Trinajstić information content (AvgIpc) is 3.08. The largest absolute Gasteiger partial charge is 0.370 e. The summed E-state index contributed by atoms with van der Waals surface area (Å²) in [5.74, 6) is 0.919. The van der Waals surface area contributed by atoms with Crippen molar-refractivity contribution in [1.82, 2.24) is 4.31 Å². The van der Waals surface area contributed by atoms with E-state index in [1.54, 1.807) is 6.07 Å². The Morgan fingerprint density at radius 1 is 1.12 bits per heavy atom. The van der Waals surface area contributed by atoms with Gasteiger partial charge in [-0.15, -0.1) is 0 Å². The number of non-ortho nitro benzene ring substituents is 1. The number of nitro groups is 1. The molecular formula is C17H25N3O4S. The molecule has 2 unspecified atom stereocenters. The minimum absolute atomic E-state index is 0.0740. The Morgan fingerprint density at radius 2 is 1.72 bits per heavy atom. The third-order valence-electron chi connectivity index (χ3n) is 5.05. The number of hydrogen-bond donors (Lipinski definition) is 0. The predicted molar refractivity (Wildman–Crippen MR) is 96.2 cm³/mol. The molecule has 1 aromatic carbocycles. The Labute approximate surface area is 148 Å². The smallest absolute Gasteiger partial charge is 0.270 e. The number of hydrogen-bond acceptors (Lipinski definition) is 5. The first-order chi connectivity index (χ1) is 11.8. The third kappa shape index (κ3) is 3.64. The molecule has 2 aliphatic rings. The van der Waals surface area contributed by atoms with E-state index in [1.165, 1.54) is 16.4 Å². The van der Waals surface area contributed by atoms with Gasteiger partial charge in [0, 0.05) is 38.3 Å². The van der Waals surface area contributed by atoms with Gasteiger partial charge in [-0.25, -0.2) is 8.42 Å². The summed E-state index contributed by atoms with van der Waals surface area (Å²) in [4.78, 5) is 12.8. The molecule has 0 saturated carbocycles. The number of anilines is 1. The molecule has 0 radical (unpaired) electrons. The Kier molecular flexibility index (Phi) is 5.02. The van der Waals surface area contributed by atoms with Gasteiger partial charge in [0.05, 0.1) is 10.6 Å². The molecule has 0 aliphatic carbocycles. The van der Waals surface area contributed by atoms with Gasteiger partial charge in [-0.1, -0.05) is 13.8 Å². The van der Waals surface area contributed by atoms with Crippen LogP contribution in [-0.4, -0.2) is 43.8 Å². The van der Waals surface area contributed by atoms with Gasteiger partial charge < -0.3 is 4.90 Å². The zero-order chi connectivity index (χ0) is 18.2. The average molecular weight is 367 g/mol. The van der Waals surface area contributed by atoms with E-state index in [1.807, 2.05) is 0 Å². The molecule has 3 rings (SSSR count). The summed E-state index contributed by atoms with van der Waals surface area (Å²) in [5.41, 5.74) is 0.413. The maximum absolute atomic E-state index is 13.1. The van der Waals surface area contributed by atoms with Crippen LogP contribution < -0.4 is 4.90 Å². The number of benzene rings is 1. The van der Waals surface area contributed by atoms with Gasteiger partial charge in [0.1, 0.15) is 4.90 Å². The van der Waals surface area contributed by atoms with Crippen molar-refractivity contribution in [3.63, 3.8) is 0 Å². The van der Waals surface area contributed by atoms with E-state index in [-0.39, 0.29) is 10.6 Å². The highest BCUT2D eigenvalue weighted by Crippen LogP contribution is 2.35. The summed E-state index contributed by atoms with van der Waals surface area (Å²) in [7, 11) is -3.72. The highest BCUT2D eigenvalue weighted by Gasteiger charge is 2.33. The van der Waals surface area contributed by atoms with Crippen molar-refractivity contribution in [3.8, 4) is 0 Å². The molecule has 0 aromatic heterocycles. The zero-order valence-electron chi connectivity index (χ0n) is 14.7. The van der Waals surface area contributed by atoms with Gasteiger partial charge in [0.15, 0.2) is 0 Å². The van der Waals surface area contributed by atoms with Crippen molar-refractivity contribution in [2.24, 2.45) is 11.8 Å². The Morgan fingerprint density at radius 3 is 2.28 bits per heavy atom. The Hall–Kier alpha value is -1.67. The molecule has 0 spiro atoms. The monoisotopic (exact) mass is 367 g/mol. The molecular weight excluding hydrogens is 342 g/mol. The lowest BCUT2D eigenvalue weighted by atomic mass is 9.91. The predicted octanol–water partition coefficient (Wildman–Crippen LogP) is 2.86. The minimum atomic E-state index is -3.72. The molecule has 1 aromatic rings. The van der Waals surface area contributed by atoms with Crippen LogP contribution in [0.15, 0.2) is 23.1 Å². The third-order valence-corrected chi connectivity index (χ3v) is 6.97. The van der Waals surface area contributed by atoms with E-state index in [9.17, 15) is 18.5 Å². The normalized spacial score (nSPS) is 25.3. The van der Waals surface area contributed by atoms with Gasteiger partial charge in [-0.05, 0) is 37.2 Å². The molecule has 7 nitrogen and oxygen atoms in total. The highest BCUT2D eigenvalue weighted by atomic mass is 32.2. The number of piperidine rings is 1. The van der Waals surface area contributed by atoms with Crippen molar-refractivity contribution in [2.75, 3.05) is 31.1 Å². The lowest BCUT2D eigenvalue weighted by Crippen LogP contribution is -2.40. The van der Waals surface area contributed by atoms with E-state index in [4.69, 9.17) is 0 Å². The molecule has 2 atom stereocenters. The maximum Gasteiger partial charge on any atom is 0.270 e. The Balaban J connectivity index is 2.07. The van der Waals surface area contributed by atoms with Gasteiger partial charge in [0.25, 0.3) is 5.69 Å². The number of sulfonamides is 1. The molecule has 2 fully saturated rings. The van der Waals surface area contributed by atoms with Crippen LogP contribution in [0.5, 0.6) is 0 Å². The summed E-state index contributed by atoms with van der Waals surface area (Å²) >= 11 is 0. The van der Waals surface area contributed by atoms with Crippen LogP contribution >= 0.6 is 0 Å². The first-order valence-corrected chi connectivity index (χ1v) is 10.3. The van der Waals surface area contributed by atoms with Crippen LogP contribution in [0, 0.1) is 22.0 Å². The fourth-order valence-electron chi connectivity index (χ4n) is 4.01. The number of nitrogens with zero attached hydrogens (tertiary/aromatic N) is 3. The van der Waals surface area contributed by atoms with Crippen molar-refractivity contribution in [1.29, 1.82) is 0 Å². The van der Waals surface area contributed by atoms with Crippen molar-refractivity contribution < 1.29 is 13.3 Å². The van der Waals surface area contributed by atoms with Gasteiger partial charge in [-0.3, -0.25) is 10.1 Å². The second kappa shape index (κ2) is 6.92. The molecule has 2 aliphatic heterocycles. The van der Waals surface area contributed by atoms with E-state index < -0.39 is 14.9 Å². The molecule has 2 heterocycles. The van der Waals surface area contributed by atoms with E-state index in [2.05, 4.69) is 18.7 Å². The summed E-state index contributed by atoms with van der Waals surface area (Å²) in [6.45, 7) is 6.81. The maximum atomic E-state index is 13.1. The summed E-state index contributed by atoms with van der Waals surface area (Å²) < 4.78 is 27.7. The van der Waals surface area contributed by atoms with Crippen LogP contribution in [0.3, 0.4) is 0 Å². The first kappa shape index (κ1) is 18.1. The molecule has 2 saturated heterocycles. The van der Waals surface area contributed by atoms with Crippen molar-refractivity contribution >= 4 is 21.4 Å². The van der Waals surface area contributed by atoms with Crippen LogP contribution in [0.25, 0.3) is 0 Å². The second-order valence-electron chi connectivity index (χ2n) is 7.37. The zero-order valence-corrected chi connectivity index (χ0v) is 15.5. The minimum Gasteiger partial charge on any atom is -0.370 e.